The maximum atomic E-state index is 12.5. The van der Waals surface area contributed by atoms with Gasteiger partial charge in [-0.3, -0.25) is 5.84 Å². The molecule has 1 saturated heterocycles. The number of carbonyl (C=O) groups is 1. The van der Waals surface area contributed by atoms with Gasteiger partial charge < -0.3 is 26.1 Å². The second kappa shape index (κ2) is 10.9. The molecule has 1 aliphatic rings. The average molecular weight is 501 g/mol. The average Bonchev–Trinajstić information content (AvgIpc) is 3.22. The van der Waals surface area contributed by atoms with Crippen LogP contribution >= 0.6 is 22.9 Å². The maximum absolute atomic E-state index is 12.5. The van der Waals surface area contributed by atoms with E-state index in [-0.39, 0.29) is 12.7 Å². The molecule has 1 aliphatic heterocycles. The Labute approximate surface area is 208 Å². The lowest BCUT2D eigenvalue weighted by Gasteiger charge is -2.30. The van der Waals surface area contributed by atoms with Crippen LogP contribution in [0.15, 0.2) is 42.5 Å². The van der Waals surface area contributed by atoms with Crippen LogP contribution in [0.5, 0.6) is 0 Å². The minimum absolute atomic E-state index is 0.245. The Bertz CT molecular complexity index is 1130. The number of hydrogen-bond donors (Lipinski definition) is 4. The van der Waals surface area contributed by atoms with E-state index in [1.165, 1.54) is 4.88 Å². The molecule has 10 heteroatoms. The molecule has 2 heterocycles. The lowest BCUT2D eigenvalue weighted by molar-refractivity contribution is 0.0870. The van der Waals surface area contributed by atoms with Crippen LogP contribution in [0.1, 0.15) is 39.9 Å². The van der Waals surface area contributed by atoms with Gasteiger partial charge in [0.15, 0.2) is 0 Å². The molecule has 8 nitrogen and oxygen atoms in total. The fourth-order valence-electron chi connectivity index (χ4n) is 3.90. The van der Waals surface area contributed by atoms with Crippen molar-refractivity contribution in [3.63, 3.8) is 0 Å². The highest BCUT2D eigenvalue weighted by Gasteiger charge is 2.27. The number of likely N-dealkylation sites (tertiary alicyclic amines) is 1. The SMILES string of the molecule is Cc1nc(C2CCN(C(=O)OCc3ccc(Cl)cc3)CC2)sc1CNc1ccc(NN)c(N)c1. The van der Waals surface area contributed by atoms with E-state index in [0.29, 0.717) is 41.9 Å². The van der Waals surface area contributed by atoms with Gasteiger partial charge in [-0.15, -0.1) is 11.3 Å². The lowest BCUT2D eigenvalue weighted by Crippen LogP contribution is -2.38. The van der Waals surface area contributed by atoms with E-state index in [4.69, 9.17) is 32.9 Å². The molecule has 0 bridgehead atoms. The van der Waals surface area contributed by atoms with Crippen LogP contribution in [-0.2, 0) is 17.9 Å². The van der Waals surface area contributed by atoms with Gasteiger partial charge in [0.25, 0.3) is 0 Å². The molecule has 1 amide bonds. The molecule has 6 N–H and O–H groups in total. The van der Waals surface area contributed by atoms with Crippen LogP contribution in [0.25, 0.3) is 0 Å². The summed E-state index contributed by atoms with van der Waals surface area (Å²) in [7, 11) is 0. The number of carbonyl (C=O) groups excluding carboxylic acids is 1. The zero-order valence-electron chi connectivity index (χ0n) is 19.0. The molecule has 0 aliphatic carbocycles. The molecule has 1 aromatic heterocycles. The van der Waals surface area contributed by atoms with Gasteiger partial charge in [0, 0.05) is 34.6 Å². The molecule has 2 aromatic carbocycles. The molecule has 0 radical (unpaired) electrons. The highest BCUT2D eigenvalue weighted by Crippen LogP contribution is 2.33. The number of anilines is 3. The zero-order chi connectivity index (χ0) is 24.1. The molecule has 0 atom stereocenters. The van der Waals surface area contributed by atoms with E-state index < -0.39 is 0 Å². The van der Waals surface area contributed by atoms with Crippen LogP contribution in [0.4, 0.5) is 21.9 Å². The van der Waals surface area contributed by atoms with Crippen molar-refractivity contribution in [3.05, 3.63) is 68.6 Å². The predicted molar refractivity (Wildman–Crippen MR) is 138 cm³/mol. The Morgan fingerprint density at radius 2 is 1.97 bits per heavy atom. The number of nitrogens with zero attached hydrogens (tertiary/aromatic N) is 2. The van der Waals surface area contributed by atoms with Crippen molar-refractivity contribution >= 4 is 46.1 Å². The van der Waals surface area contributed by atoms with Gasteiger partial charge >= 0.3 is 6.09 Å². The highest BCUT2D eigenvalue weighted by molar-refractivity contribution is 7.11. The lowest BCUT2D eigenvalue weighted by atomic mass is 9.98. The summed E-state index contributed by atoms with van der Waals surface area (Å²) >= 11 is 7.63. The monoisotopic (exact) mass is 500 g/mol. The van der Waals surface area contributed by atoms with Gasteiger partial charge in [-0.2, -0.15) is 0 Å². The number of benzene rings is 2. The number of piperidine rings is 1. The van der Waals surface area contributed by atoms with E-state index in [1.54, 1.807) is 28.4 Å². The number of aromatic nitrogens is 1. The van der Waals surface area contributed by atoms with Crippen molar-refractivity contribution in [2.75, 3.05) is 29.6 Å². The van der Waals surface area contributed by atoms with Crippen molar-refractivity contribution in [2.45, 2.75) is 38.8 Å². The molecular weight excluding hydrogens is 472 g/mol. The first-order valence-electron chi connectivity index (χ1n) is 11.2. The summed E-state index contributed by atoms with van der Waals surface area (Å²) in [6, 6.07) is 12.9. The number of rotatable bonds is 7. The number of ether oxygens (including phenoxy) is 1. The summed E-state index contributed by atoms with van der Waals surface area (Å²) in [6.45, 7) is 4.29. The second-order valence-electron chi connectivity index (χ2n) is 8.30. The van der Waals surface area contributed by atoms with Gasteiger partial charge in [0.05, 0.1) is 28.6 Å². The third kappa shape index (κ3) is 5.91. The van der Waals surface area contributed by atoms with Crippen LogP contribution in [0, 0.1) is 6.92 Å². The van der Waals surface area contributed by atoms with Crippen molar-refractivity contribution in [1.29, 1.82) is 0 Å². The fraction of sp³-hybridized carbons (Fsp3) is 0.333. The third-order valence-electron chi connectivity index (χ3n) is 5.95. The van der Waals surface area contributed by atoms with Crippen LogP contribution in [-0.4, -0.2) is 29.1 Å². The van der Waals surface area contributed by atoms with Gasteiger partial charge in [0.1, 0.15) is 6.61 Å². The van der Waals surface area contributed by atoms with Gasteiger partial charge in [-0.25, -0.2) is 9.78 Å². The number of halogens is 1. The number of aryl methyl sites for hydroxylation is 1. The third-order valence-corrected chi connectivity index (χ3v) is 7.52. The summed E-state index contributed by atoms with van der Waals surface area (Å²) in [5.74, 6) is 5.79. The first kappa shape index (κ1) is 24.1. The van der Waals surface area contributed by atoms with Crippen LogP contribution in [0.3, 0.4) is 0 Å². The first-order chi connectivity index (χ1) is 16.4. The summed E-state index contributed by atoms with van der Waals surface area (Å²) in [5.41, 5.74) is 12.7. The molecule has 0 unspecified atom stereocenters. The first-order valence-corrected chi connectivity index (χ1v) is 12.3. The minimum atomic E-state index is -0.274. The Kier molecular flexibility index (Phi) is 7.77. The molecule has 4 rings (SSSR count). The summed E-state index contributed by atoms with van der Waals surface area (Å²) in [4.78, 5) is 20.3. The zero-order valence-corrected chi connectivity index (χ0v) is 20.6. The van der Waals surface area contributed by atoms with E-state index in [1.807, 2.05) is 37.3 Å². The number of thiazole rings is 1. The number of nitrogens with one attached hydrogen (secondary N) is 2. The fourth-order valence-corrected chi connectivity index (χ4v) is 5.20. The Balaban J connectivity index is 1.27. The Morgan fingerprint density at radius 3 is 2.65 bits per heavy atom. The molecule has 3 aromatic rings. The van der Waals surface area contributed by atoms with Crippen molar-refractivity contribution in [1.82, 2.24) is 9.88 Å². The van der Waals surface area contributed by atoms with Gasteiger partial charge in [-0.1, -0.05) is 23.7 Å². The smallest absolute Gasteiger partial charge is 0.410 e. The van der Waals surface area contributed by atoms with Crippen molar-refractivity contribution in [3.8, 4) is 0 Å². The largest absolute Gasteiger partial charge is 0.445 e. The normalized spacial score (nSPS) is 14.1. The number of hydrazine groups is 1. The second-order valence-corrected chi connectivity index (χ2v) is 9.85. The van der Waals surface area contributed by atoms with Crippen LogP contribution in [0.2, 0.25) is 5.02 Å². The molecule has 1 fully saturated rings. The molecular formula is C24H29ClN6O2S. The van der Waals surface area contributed by atoms with Gasteiger partial charge in [-0.05, 0) is 55.7 Å². The van der Waals surface area contributed by atoms with Crippen molar-refractivity contribution < 1.29 is 9.53 Å². The summed E-state index contributed by atoms with van der Waals surface area (Å²) < 4.78 is 5.47. The van der Waals surface area contributed by atoms with Crippen molar-refractivity contribution in [2.24, 2.45) is 5.84 Å². The number of nitrogen functional groups attached to an aromatic ring is 2. The van der Waals surface area contributed by atoms with E-state index in [0.717, 1.165) is 34.8 Å². The van der Waals surface area contributed by atoms with E-state index in [9.17, 15) is 4.79 Å². The topological polar surface area (TPSA) is 119 Å². The molecule has 34 heavy (non-hydrogen) atoms. The Morgan fingerprint density at radius 1 is 1.24 bits per heavy atom. The quantitative estimate of drug-likeness (QED) is 0.202. The Hall–Kier alpha value is -3.01. The number of amides is 1. The predicted octanol–water partition coefficient (Wildman–Crippen LogP) is 5.10. The van der Waals surface area contributed by atoms with Crippen LogP contribution < -0.4 is 22.3 Å². The van der Waals surface area contributed by atoms with Gasteiger partial charge in [0.2, 0.25) is 0 Å². The number of nitrogens with two attached hydrogens (primary N) is 2. The summed E-state index contributed by atoms with van der Waals surface area (Å²) in [6.07, 6.45) is 1.48. The molecule has 0 spiro atoms. The molecule has 0 saturated carbocycles. The highest BCUT2D eigenvalue weighted by atomic mass is 35.5. The maximum Gasteiger partial charge on any atom is 0.410 e. The van der Waals surface area contributed by atoms with E-state index in [2.05, 4.69) is 10.7 Å². The molecule has 180 valence electrons. The number of hydrogen-bond acceptors (Lipinski definition) is 8. The standard InChI is InChI=1S/C24H29ClN6O2S/c1-15-22(13-28-19-6-7-21(30-27)20(26)12-19)34-23(29-15)17-8-10-31(11-9-17)24(32)33-14-16-2-4-18(25)5-3-16/h2-7,12,17,28,30H,8-11,13-14,26-27H2,1H3. The minimum Gasteiger partial charge on any atom is -0.445 e. The van der Waals surface area contributed by atoms with E-state index >= 15 is 0 Å². The summed E-state index contributed by atoms with van der Waals surface area (Å²) in [5, 5.41) is 5.20.